The number of phenols is 1. The van der Waals surface area contributed by atoms with E-state index in [0.717, 1.165) is 48.1 Å². The monoisotopic (exact) mass is 333 g/mol. The van der Waals surface area contributed by atoms with Crippen molar-refractivity contribution in [3.63, 3.8) is 0 Å². The smallest absolute Gasteiger partial charge is 0.262 e. The average molecular weight is 333 g/mol. The molecule has 0 aliphatic heterocycles. The maximum Gasteiger partial charge on any atom is 0.262 e. The van der Waals surface area contributed by atoms with Gasteiger partial charge in [-0.2, -0.15) is 5.26 Å². The van der Waals surface area contributed by atoms with E-state index in [0.29, 0.717) is 5.75 Å². The highest BCUT2D eigenvalue weighted by Crippen LogP contribution is 2.32. The second-order valence-corrected chi connectivity index (χ2v) is 6.01. The number of nitrogens with zero attached hydrogens (tertiary/aromatic N) is 2. The van der Waals surface area contributed by atoms with Gasteiger partial charge in [-0.05, 0) is 66.6 Å². The Labute approximate surface area is 146 Å². The molecule has 5 heteroatoms. The molecule has 0 saturated heterocycles. The van der Waals surface area contributed by atoms with Crippen molar-refractivity contribution >= 4 is 12.0 Å². The number of nitriles is 1. The minimum Gasteiger partial charge on any atom is -0.508 e. The number of aromatic nitrogens is 1. The number of amides is 1. The van der Waals surface area contributed by atoms with E-state index >= 15 is 0 Å². The van der Waals surface area contributed by atoms with Crippen LogP contribution in [0.1, 0.15) is 35.2 Å². The van der Waals surface area contributed by atoms with E-state index in [2.05, 4.69) is 10.3 Å². The number of aromatic hydroxyl groups is 1. The number of hydrogen-bond donors (Lipinski definition) is 2. The van der Waals surface area contributed by atoms with Crippen molar-refractivity contribution in [2.45, 2.75) is 32.2 Å². The maximum atomic E-state index is 12.3. The summed E-state index contributed by atoms with van der Waals surface area (Å²) in [5.74, 6) is -0.129. The van der Waals surface area contributed by atoms with Gasteiger partial charge in [0.1, 0.15) is 17.4 Å². The molecular formula is C20H19N3O2. The number of nitrogens with one attached hydrogen (secondary N) is 1. The number of carbonyl (C=O) groups excluding carboxylic acids is 1. The summed E-state index contributed by atoms with van der Waals surface area (Å²) in [6.07, 6.45) is 7.04. The van der Waals surface area contributed by atoms with E-state index in [1.807, 2.05) is 18.2 Å². The lowest BCUT2D eigenvalue weighted by Gasteiger charge is -2.19. The lowest BCUT2D eigenvalue weighted by molar-refractivity contribution is -0.117. The van der Waals surface area contributed by atoms with Gasteiger partial charge in [0.2, 0.25) is 0 Å². The van der Waals surface area contributed by atoms with Crippen LogP contribution in [-0.2, 0) is 24.2 Å². The van der Waals surface area contributed by atoms with Crippen LogP contribution in [-0.4, -0.2) is 16.0 Å². The molecule has 25 heavy (non-hydrogen) atoms. The van der Waals surface area contributed by atoms with Crippen LogP contribution in [0.3, 0.4) is 0 Å². The highest BCUT2D eigenvalue weighted by Gasteiger charge is 2.17. The van der Waals surface area contributed by atoms with Crippen molar-refractivity contribution in [2.24, 2.45) is 0 Å². The third-order valence-corrected chi connectivity index (χ3v) is 4.37. The first kappa shape index (κ1) is 16.7. The first-order valence-corrected chi connectivity index (χ1v) is 8.32. The summed E-state index contributed by atoms with van der Waals surface area (Å²) >= 11 is 0. The molecule has 2 aromatic rings. The molecule has 0 radical (unpaired) electrons. The van der Waals surface area contributed by atoms with Crippen LogP contribution in [0.4, 0.5) is 0 Å². The highest BCUT2D eigenvalue weighted by atomic mass is 16.3. The van der Waals surface area contributed by atoms with E-state index < -0.39 is 5.91 Å². The molecule has 0 atom stereocenters. The Balaban J connectivity index is 1.81. The first-order chi connectivity index (χ1) is 12.2. The van der Waals surface area contributed by atoms with Gasteiger partial charge in [-0.3, -0.25) is 9.78 Å². The fourth-order valence-corrected chi connectivity index (χ4v) is 3.08. The molecule has 0 unspecified atom stereocenters. The summed E-state index contributed by atoms with van der Waals surface area (Å²) in [6, 6.07) is 10.8. The van der Waals surface area contributed by atoms with Gasteiger partial charge < -0.3 is 10.4 Å². The van der Waals surface area contributed by atoms with E-state index in [1.54, 1.807) is 30.5 Å². The molecule has 1 aromatic heterocycles. The van der Waals surface area contributed by atoms with Crippen molar-refractivity contribution in [2.75, 3.05) is 0 Å². The van der Waals surface area contributed by atoms with Crippen molar-refractivity contribution < 1.29 is 9.90 Å². The summed E-state index contributed by atoms with van der Waals surface area (Å²) in [6.45, 7) is 0.270. The molecule has 1 aliphatic rings. The van der Waals surface area contributed by atoms with Gasteiger partial charge in [-0.15, -0.1) is 0 Å². The molecule has 1 heterocycles. The van der Waals surface area contributed by atoms with Crippen molar-refractivity contribution in [3.8, 4) is 11.8 Å². The fraction of sp³-hybridized carbons (Fsp3) is 0.250. The van der Waals surface area contributed by atoms with Gasteiger partial charge >= 0.3 is 0 Å². The number of phenolic OH excluding ortho intramolecular Hbond substituents is 1. The zero-order valence-electron chi connectivity index (χ0n) is 13.8. The van der Waals surface area contributed by atoms with Crippen LogP contribution in [0.25, 0.3) is 6.08 Å². The van der Waals surface area contributed by atoms with Crippen LogP contribution in [0.5, 0.6) is 5.75 Å². The molecule has 3 rings (SSSR count). The fourth-order valence-electron chi connectivity index (χ4n) is 3.08. The summed E-state index contributed by atoms with van der Waals surface area (Å²) in [7, 11) is 0. The quantitative estimate of drug-likeness (QED) is 0.665. The zero-order chi connectivity index (χ0) is 17.6. The SMILES string of the molecule is N#C/C(=C\c1ccc(O)c2c1CCCC2)C(=O)NCc1ccccn1. The van der Waals surface area contributed by atoms with Gasteiger partial charge in [-0.1, -0.05) is 12.1 Å². The third-order valence-electron chi connectivity index (χ3n) is 4.37. The molecule has 2 N–H and O–H groups in total. The Kier molecular flexibility index (Phi) is 5.10. The van der Waals surface area contributed by atoms with Crippen molar-refractivity contribution in [3.05, 3.63) is 64.5 Å². The lowest BCUT2D eigenvalue weighted by atomic mass is 9.87. The molecule has 0 spiro atoms. The predicted molar refractivity (Wildman–Crippen MR) is 94.4 cm³/mol. The van der Waals surface area contributed by atoms with Crippen molar-refractivity contribution in [1.82, 2.24) is 10.3 Å². The molecule has 0 bridgehead atoms. The van der Waals surface area contributed by atoms with Crippen LogP contribution >= 0.6 is 0 Å². The Morgan fingerprint density at radius 1 is 1.24 bits per heavy atom. The summed E-state index contributed by atoms with van der Waals surface area (Å²) in [4.78, 5) is 16.5. The van der Waals surface area contributed by atoms with E-state index in [-0.39, 0.29) is 12.1 Å². The van der Waals surface area contributed by atoms with E-state index in [1.165, 1.54) is 0 Å². The van der Waals surface area contributed by atoms with E-state index in [9.17, 15) is 15.2 Å². The number of pyridine rings is 1. The van der Waals surface area contributed by atoms with Crippen LogP contribution in [0.2, 0.25) is 0 Å². The molecule has 0 saturated carbocycles. The van der Waals surface area contributed by atoms with Crippen LogP contribution in [0, 0.1) is 11.3 Å². The van der Waals surface area contributed by atoms with E-state index in [4.69, 9.17) is 0 Å². The topological polar surface area (TPSA) is 86.0 Å². The molecule has 1 aliphatic carbocycles. The minimum atomic E-state index is -0.425. The van der Waals surface area contributed by atoms with Crippen LogP contribution < -0.4 is 5.32 Å². The number of rotatable bonds is 4. The average Bonchev–Trinajstić information content (AvgIpc) is 2.67. The van der Waals surface area contributed by atoms with Gasteiger partial charge in [0.05, 0.1) is 12.2 Å². The standard InChI is InChI=1S/C20H19N3O2/c21-12-15(20(25)23-13-16-5-3-4-10-22-16)11-14-8-9-19(24)18-7-2-1-6-17(14)18/h3-5,8-11,24H,1-2,6-7,13H2,(H,23,25)/b15-11+. The Hall–Kier alpha value is -3.13. The predicted octanol–water partition coefficient (Wildman–Crippen LogP) is 2.89. The molecule has 5 nitrogen and oxygen atoms in total. The lowest BCUT2D eigenvalue weighted by Crippen LogP contribution is -2.24. The largest absolute Gasteiger partial charge is 0.508 e. The highest BCUT2D eigenvalue weighted by molar-refractivity contribution is 6.01. The zero-order valence-corrected chi connectivity index (χ0v) is 13.8. The molecule has 1 amide bonds. The maximum absolute atomic E-state index is 12.3. The summed E-state index contributed by atoms with van der Waals surface area (Å²) < 4.78 is 0. The number of benzene rings is 1. The second kappa shape index (κ2) is 7.63. The molecule has 1 aromatic carbocycles. The summed E-state index contributed by atoms with van der Waals surface area (Å²) in [5, 5.41) is 22.1. The van der Waals surface area contributed by atoms with Gasteiger partial charge in [0.15, 0.2) is 0 Å². The Morgan fingerprint density at radius 3 is 2.76 bits per heavy atom. The summed E-state index contributed by atoms with van der Waals surface area (Å²) in [5.41, 5.74) is 3.59. The molecule has 0 fully saturated rings. The number of fused-ring (bicyclic) bond motifs is 1. The number of hydrogen-bond acceptors (Lipinski definition) is 4. The molecular weight excluding hydrogens is 314 g/mol. The third kappa shape index (κ3) is 3.86. The normalized spacial score (nSPS) is 13.6. The minimum absolute atomic E-state index is 0.0504. The first-order valence-electron chi connectivity index (χ1n) is 8.32. The van der Waals surface area contributed by atoms with Crippen LogP contribution in [0.15, 0.2) is 42.1 Å². The Morgan fingerprint density at radius 2 is 2.04 bits per heavy atom. The van der Waals surface area contributed by atoms with Crippen molar-refractivity contribution in [1.29, 1.82) is 5.26 Å². The second-order valence-electron chi connectivity index (χ2n) is 6.01. The molecule has 126 valence electrons. The van der Waals surface area contributed by atoms with Gasteiger partial charge in [0, 0.05) is 6.20 Å². The van der Waals surface area contributed by atoms with Gasteiger partial charge in [-0.25, -0.2) is 0 Å². The number of carbonyl (C=O) groups is 1. The van der Waals surface area contributed by atoms with Gasteiger partial charge in [0.25, 0.3) is 5.91 Å². The Bertz CT molecular complexity index is 851.